The summed E-state index contributed by atoms with van der Waals surface area (Å²) in [6, 6.07) is 9.30. The minimum absolute atomic E-state index is 0.0812. The Morgan fingerprint density at radius 2 is 1.82 bits per heavy atom. The molecule has 114 valence electrons. The summed E-state index contributed by atoms with van der Waals surface area (Å²) >= 11 is 0. The summed E-state index contributed by atoms with van der Waals surface area (Å²) in [6.45, 7) is -0.0812. The number of sulfonamides is 1. The van der Waals surface area contributed by atoms with E-state index in [1.807, 2.05) is 12.1 Å². The second-order valence-electron chi connectivity index (χ2n) is 4.64. The number of halogens is 2. The molecule has 0 spiro atoms. The Labute approximate surface area is 125 Å². The zero-order valence-corrected chi connectivity index (χ0v) is 12.0. The van der Waals surface area contributed by atoms with Gasteiger partial charge in [-0.1, -0.05) is 6.07 Å². The second kappa shape index (κ2) is 5.47. The monoisotopic (exact) mass is 323 g/mol. The molecule has 0 aliphatic rings. The van der Waals surface area contributed by atoms with Gasteiger partial charge in [0.1, 0.15) is 11.6 Å². The zero-order chi connectivity index (χ0) is 15.7. The van der Waals surface area contributed by atoms with Crippen molar-refractivity contribution in [2.75, 3.05) is 0 Å². The first-order valence-corrected chi connectivity index (χ1v) is 7.81. The highest BCUT2D eigenvalue weighted by Gasteiger charge is 2.17. The van der Waals surface area contributed by atoms with Crippen molar-refractivity contribution in [3.05, 3.63) is 66.0 Å². The average molecular weight is 323 g/mol. The van der Waals surface area contributed by atoms with Crippen molar-refractivity contribution in [1.29, 1.82) is 0 Å². The van der Waals surface area contributed by atoms with Gasteiger partial charge < -0.3 is 0 Å². The van der Waals surface area contributed by atoms with Gasteiger partial charge in [0.2, 0.25) is 10.0 Å². The van der Waals surface area contributed by atoms with E-state index in [0.29, 0.717) is 11.8 Å². The van der Waals surface area contributed by atoms with Crippen molar-refractivity contribution in [1.82, 2.24) is 14.3 Å². The van der Waals surface area contributed by atoms with Crippen LogP contribution < -0.4 is 4.72 Å². The lowest BCUT2D eigenvalue weighted by atomic mass is 10.3. The molecule has 5 nitrogen and oxygen atoms in total. The summed E-state index contributed by atoms with van der Waals surface area (Å²) in [5, 5.41) is 4.19. The van der Waals surface area contributed by atoms with E-state index in [-0.39, 0.29) is 6.54 Å². The van der Waals surface area contributed by atoms with Crippen molar-refractivity contribution in [2.24, 2.45) is 0 Å². The van der Waals surface area contributed by atoms with Gasteiger partial charge >= 0.3 is 0 Å². The molecule has 0 atom stereocenters. The molecule has 1 N–H and O–H groups in total. The quantitative estimate of drug-likeness (QED) is 0.800. The summed E-state index contributed by atoms with van der Waals surface area (Å²) in [5.74, 6) is -1.90. The minimum atomic E-state index is -4.02. The fourth-order valence-electron chi connectivity index (χ4n) is 2.01. The van der Waals surface area contributed by atoms with E-state index in [1.165, 1.54) is 0 Å². The Balaban J connectivity index is 1.82. The molecule has 3 rings (SSSR count). The largest absolute Gasteiger partial charge is 0.241 e. The third-order valence-electron chi connectivity index (χ3n) is 3.01. The van der Waals surface area contributed by atoms with Crippen molar-refractivity contribution in [3.63, 3.8) is 0 Å². The Bertz CT molecular complexity index is 885. The van der Waals surface area contributed by atoms with Crippen molar-refractivity contribution < 1.29 is 17.2 Å². The highest BCUT2D eigenvalue weighted by atomic mass is 32.2. The van der Waals surface area contributed by atoms with Gasteiger partial charge in [0.15, 0.2) is 0 Å². The number of nitrogens with zero attached hydrogens (tertiary/aromatic N) is 2. The third kappa shape index (κ3) is 2.97. The molecule has 0 bridgehead atoms. The van der Waals surface area contributed by atoms with E-state index >= 15 is 0 Å². The van der Waals surface area contributed by atoms with Crippen LogP contribution in [0.2, 0.25) is 0 Å². The topological polar surface area (TPSA) is 63.5 Å². The van der Waals surface area contributed by atoms with Gasteiger partial charge in [-0.2, -0.15) is 5.10 Å². The molecule has 0 saturated heterocycles. The van der Waals surface area contributed by atoms with Crippen LogP contribution in [-0.2, 0) is 16.6 Å². The lowest BCUT2D eigenvalue weighted by Gasteiger charge is -2.05. The molecule has 0 aliphatic carbocycles. The van der Waals surface area contributed by atoms with Crippen molar-refractivity contribution in [3.8, 4) is 0 Å². The molecule has 2 aromatic heterocycles. The fourth-order valence-corrected chi connectivity index (χ4v) is 3.05. The molecule has 0 unspecified atom stereocenters. The van der Waals surface area contributed by atoms with Crippen LogP contribution in [0.25, 0.3) is 5.52 Å². The molecule has 22 heavy (non-hydrogen) atoms. The Kier molecular flexibility index (Phi) is 3.63. The molecule has 2 heterocycles. The summed E-state index contributed by atoms with van der Waals surface area (Å²) in [6.07, 6.45) is 1.73. The van der Waals surface area contributed by atoms with E-state index in [4.69, 9.17) is 0 Å². The minimum Gasteiger partial charge on any atom is -0.241 e. The summed E-state index contributed by atoms with van der Waals surface area (Å²) in [7, 11) is -4.02. The van der Waals surface area contributed by atoms with Crippen LogP contribution in [0, 0.1) is 11.6 Å². The predicted molar refractivity (Wildman–Crippen MR) is 75.6 cm³/mol. The van der Waals surface area contributed by atoms with E-state index < -0.39 is 26.6 Å². The smallest absolute Gasteiger partial charge is 0.241 e. The number of pyridine rings is 1. The standard InChI is InChI=1S/C14H11F2N3O2S/c15-10-5-11(16)7-14(6-10)22(20,21)17-9-12-8-13-3-1-2-4-19(13)18-12/h1-8,17H,9H2. The van der Waals surface area contributed by atoms with Gasteiger partial charge in [-0.15, -0.1) is 0 Å². The molecular weight excluding hydrogens is 312 g/mol. The first kappa shape index (κ1) is 14.6. The maximum absolute atomic E-state index is 13.1. The lowest BCUT2D eigenvalue weighted by molar-refractivity contribution is 0.560. The SMILES string of the molecule is O=S(=O)(NCc1cc2ccccn2n1)c1cc(F)cc(F)c1. The molecule has 1 aromatic carbocycles. The highest BCUT2D eigenvalue weighted by Crippen LogP contribution is 2.14. The zero-order valence-electron chi connectivity index (χ0n) is 11.2. The number of rotatable bonds is 4. The van der Waals surface area contributed by atoms with E-state index in [1.54, 1.807) is 22.8 Å². The second-order valence-corrected chi connectivity index (χ2v) is 6.40. The molecule has 0 fully saturated rings. The number of hydrogen-bond acceptors (Lipinski definition) is 3. The van der Waals surface area contributed by atoms with Gasteiger partial charge in [0.25, 0.3) is 0 Å². The van der Waals surface area contributed by atoms with Crippen LogP contribution in [-0.4, -0.2) is 18.0 Å². The number of nitrogens with one attached hydrogen (secondary N) is 1. The summed E-state index contributed by atoms with van der Waals surface area (Å²) < 4.78 is 54.2. The maximum Gasteiger partial charge on any atom is 0.241 e. The summed E-state index contributed by atoms with van der Waals surface area (Å²) in [4.78, 5) is -0.464. The molecule has 0 aliphatic heterocycles. The number of hydrogen-bond donors (Lipinski definition) is 1. The first-order chi connectivity index (χ1) is 10.4. The van der Waals surface area contributed by atoms with E-state index in [2.05, 4.69) is 9.82 Å². The molecule has 3 aromatic rings. The molecule has 0 radical (unpaired) electrons. The van der Waals surface area contributed by atoms with Gasteiger partial charge in [0.05, 0.1) is 22.7 Å². The normalized spacial score (nSPS) is 11.9. The van der Waals surface area contributed by atoms with Crippen LogP contribution in [0.5, 0.6) is 0 Å². The average Bonchev–Trinajstić information content (AvgIpc) is 2.87. The number of fused-ring (bicyclic) bond motifs is 1. The van der Waals surface area contributed by atoms with Gasteiger partial charge in [-0.05, 0) is 30.3 Å². The number of aromatic nitrogens is 2. The molecular formula is C14H11F2N3O2S. The van der Waals surface area contributed by atoms with Crippen LogP contribution in [0.15, 0.2) is 53.6 Å². The van der Waals surface area contributed by atoms with Crippen LogP contribution in [0.4, 0.5) is 8.78 Å². The van der Waals surface area contributed by atoms with Gasteiger partial charge in [-0.3, -0.25) is 0 Å². The van der Waals surface area contributed by atoms with Crippen molar-refractivity contribution in [2.45, 2.75) is 11.4 Å². The fraction of sp³-hybridized carbons (Fsp3) is 0.0714. The van der Waals surface area contributed by atoms with Crippen molar-refractivity contribution >= 4 is 15.5 Å². The van der Waals surface area contributed by atoms with Crippen LogP contribution in [0.1, 0.15) is 5.69 Å². The van der Waals surface area contributed by atoms with Crippen LogP contribution in [0.3, 0.4) is 0 Å². The highest BCUT2D eigenvalue weighted by molar-refractivity contribution is 7.89. The van der Waals surface area contributed by atoms with E-state index in [0.717, 1.165) is 17.6 Å². The molecule has 8 heteroatoms. The first-order valence-electron chi connectivity index (χ1n) is 6.33. The molecule has 0 amide bonds. The van der Waals surface area contributed by atoms with Gasteiger partial charge in [-0.25, -0.2) is 26.4 Å². The number of benzene rings is 1. The Morgan fingerprint density at radius 3 is 2.50 bits per heavy atom. The molecule has 0 saturated carbocycles. The van der Waals surface area contributed by atoms with E-state index in [9.17, 15) is 17.2 Å². The Hall–Kier alpha value is -2.32. The predicted octanol–water partition coefficient (Wildman–Crippen LogP) is 2.09. The lowest BCUT2D eigenvalue weighted by Crippen LogP contribution is -2.23. The van der Waals surface area contributed by atoms with Gasteiger partial charge in [0, 0.05) is 12.3 Å². The third-order valence-corrected chi connectivity index (χ3v) is 4.39. The Morgan fingerprint density at radius 1 is 1.09 bits per heavy atom. The maximum atomic E-state index is 13.1. The van der Waals surface area contributed by atoms with Crippen LogP contribution >= 0.6 is 0 Å². The summed E-state index contributed by atoms with van der Waals surface area (Å²) in [5.41, 5.74) is 1.31.